The molecule has 0 radical (unpaired) electrons. The van der Waals surface area contributed by atoms with Crippen LogP contribution < -0.4 is 10.5 Å². The summed E-state index contributed by atoms with van der Waals surface area (Å²) in [6, 6.07) is 2.90. The Labute approximate surface area is 94.8 Å². The van der Waals surface area contributed by atoms with E-state index in [1.165, 1.54) is 6.07 Å². The normalized spacial score (nSPS) is 13.2. The van der Waals surface area contributed by atoms with E-state index in [1.807, 2.05) is 0 Å². The Balaban J connectivity index is 3.11. The second-order valence-corrected chi connectivity index (χ2v) is 3.35. The molecule has 0 aromatic heterocycles. The molecule has 0 aliphatic heterocycles. The predicted molar refractivity (Wildman–Crippen MR) is 53.6 cm³/mol. The monoisotopic (exact) mass is 249 g/mol. The van der Waals surface area contributed by atoms with Gasteiger partial charge in [-0.25, -0.2) is 4.79 Å². The van der Waals surface area contributed by atoms with Gasteiger partial charge in [-0.3, -0.25) is 0 Å². The van der Waals surface area contributed by atoms with Gasteiger partial charge < -0.3 is 15.6 Å². The van der Waals surface area contributed by atoms with Crippen molar-refractivity contribution in [1.29, 1.82) is 0 Å². The Morgan fingerprint density at radius 2 is 2.06 bits per heavy atom. The van der Waals surface area contributed by atoms with Gasteiger partial charge in [0.05, 0.1) is 5.56 Å². The molecule has 94 valence electrons. The first-order valence-corrected chi connectivity index (χ1v) is 4.58. The highest BCUT2D eigenvalue weighted by molar-refractivity contribution is 5.72. The van der Waals surface area contributed by atoms with E-state index in [9.17, 15) is 18.0 Å². The molecular formula is C10H10F3NO3. The van der Waals surface area contributed by atoms with E-state index in [0.717, 1.165) is 13.0 Å². The highest BCUT2D eigenvalue weighted by Crippen LogP contribution is 2.37. The molecule has 17 heavy (non-hydrogen) atoms. The molecule has 4 nitrogen and oxygen atoms in total. The van der Waals surface area contributed by atoms with Crippen LogP contribution in [0, 0.1) is 0 Å². The zero-order chi connectivity index (χ0) is 13.2. The first kappa shape index (κ1) is 13.1. The van der Waals surface area contributed by atoms with Crippen molar-refractivity contribution in [3.05, 3.63) is 23.8 Å². The highest BCUT2D eigenvalue weighted by atomic mass is 19.4. The quantitative estimate of drug-likeness (QED) is 0.805. The minimum atomic E-state index is -4.65. The van der Waals surface area contributed by atoms with Crippen LogP contribution in [0.5, 0.6) is 5.75 Å². The molecule has 0 saturated heterocycles. The molecule has 1 rings (SSSR count). The number of ether oxygens (including phenoxy) is 1. The second kappa shape index (κ2) is 4.52. The van der Waals surface area contributed by atoms with E-state index < -0.39 is 29.6 Å². The van der Waals surface area contributed by atoms with Crippen LogP contribution in [0.2, 0.25) is 0 Å². The fourth-order valence-corrected chi connectivity index (χ4v) is 1.11. The number of carboxylic acids is 1. The smallest absolute Gasteiger partial charge is 0.420 e. The summed E-state index contributed by atoms with van der Waals surface area (Å²) in [7, 11) is 0. The Morgan fingerprint density at radius 1 is 1.47 bits per heavy atom. The Bertz CT molecular complexity index is 431. The number of nitrogen functional groups attached to an aromatic ring is 1. The van der Waals surface area contributed by atoms with Gasteiger partial charge in [0.25, 0.3) is 0 Å². The van der Waals surface area contributed by atoms with Gasteiger partial charge in [0.1, 0.15) is 5.75 Å². The number of hydrogen-bond acceptors (Lipinski definition) is 3. The van der Waals surface area contributed by atoms with Gasteiger partial charge in [-0.05, 0) is 25.1 Å². The average Bonchev–Trinajstić information content (AvgIpc) is 2.18. The van der Waals surface area contributed by atoms with Crippen molar-refractivity contribution in [1.82, 2.24) is 0 Å². The molecule has 0 amide bonds. The molecule has 1 aromatic carbocycles. The summed E-state index contributed by atoms with van der Waals surface area (Å²) in [5.41, 5.74) is 4.07. The van der Waals surface area contributed by atoms with E-state index in [2.05, 4.69) is 0 Å². The summed E-state index contributed by atoms with van der Waals surface area (Å²) in [6.45, 7) is 1.14. The van der Waals surface area contributed by atoms with Crippen LogP contribution in [0.4, 0.5) is 18.9 Å². The lowest BCUT2D eigenvalue weighted by atomic mass is 10.1. The SMILES string of the molecule is CC(Oc1ccc(N)cc1C(F)(F)F)C(=O)O. The third-order valence-electron chi connectivity index (χ3n) is 1.96. The van der Waals surface area contributed by atoms with E-state index in [4.69, 9.17) is 15.6 Å². The lowest BCUT2D eigenvalue weighted by molar-refractivity contribution is -0.147. The number of rotatable bonds is 3. The third-order valence-corrected chi connectivity index (χ3v) is 1.96. The zero-order valence-electron chi connectivity index (χ0n) is 8.78. The number of aliphatic carboxylic acids is 1. The maximum Gasteiger partial charge on any atom is 0.420 e. The fraction of sp³-hybridized carbons (Fsp3) is 0.300. The number of halogens is 3. The van der Waals surface area contributed by atoms with Crippen molar-refractivity contribution in [2.75, 3.05) is 5.73 Å². The van der Waals surface area contributed by atoms with Crippen LogP contribution >= 0.6 is 0 Å². The van der Waals surface area contributed by atoms with Crippen molar-refractivity contribution in [3.63, 3.8) is 0 Å². The lowest BCUT2D eigenvalue weighted by Gasteiger charge is -2.16. The molecule has 0 saturated carbocycles. The van der Waals surface area contributed by atoms with E-state index >= 15 is 0 Å². The van der Waals surface area contributed by atoms with Crippen LogP contribution in [0.25, 0.3) is 0 Å². The van der Waals surface area contributed by atoms with Crippen LogP contribution in [-0.2, 0) is 11.0 Å². The van der Waals surface area contributed by atoms with E-state index in [0.29, 0.717) is 6.07 Å². The molecular weight excluding hydrogens is 239 g/mol. The summed E-state index contributed by atoms with van der Waals surface area (Å²) in [5, 5.41) is 8.56. The number of benzene rings is 1. The van der Waals surface area contributed by atoms with Crippen molar-refractivity contribution >= 4 is 11.7 Å². The van der Waals surface area contributed by atoms with Crippen molar-refractivity contribution in [2.24, 2.45) is 0 Å². The number of nitrogens with two attached hydrogens (primary N) is 1. The third kappa shape index (κ3) is 3.27. The van der Waals surface area contributed by atoms with Gasteiger partial charge in [0.15, 0.2) is 6.10 Å². The molecule has 0 heterocycles. The Morgan fingerprint density at radius 3 is 2.53 bits per heavy atom. The summed E-state index contributed by atoms with van der Waals surface area (Å²) in [4.78, 5) is 10.5. The minimum Gasteiger partial charge on any atom is -0.479 e. The Kier molecular flexibility index (Phi) is 3.50. The minimum absolute atomic E-state index is 0.0762. The zero-order valence-corrected chi connectivity index (χ0v) is 8.78. The van der Waals surface area contributed by atoms with Gasteiger partial charge in [0, 0.05) is 5.69 Å². The molecule has 1 atom stereocenters. The van der Waals surface area contributed by atoms with Crippen LogP contribution in [-0.4, -0.2) is 17.2 Å². The number of alkyl halides is 3. The first-order valence-electron chi connectivity index (χ1n) is 4.58. The van der Waals surface area contributed by atoms with E-state index in [1.54, 1.807) is 0 Å². The summed E-state index contributed by atoms with van der Waals surface area (Å²) in [6.07, 6.45) is -6.03. The molecule has 0 bridgehead atoms. The highest BCUT2D eigenvalue weighted by Gasteiger charge is 2.35. The summed E-state index contributed by atoms with van der Waals surface area (Å²) in [5.74, 6) is -1.91. The standard InChI is InChI=1S/C10H10F3NO3/c1-5(9(15)16)17-8-3-2-6(14)4-7(8)10(11,12)13/h2-5H,14H2,1H3,(H,15,16). The summed E-state index contributed by atoms with van der Waals surface area (Å²) < 4.78 is 42.5. The fourth-order valence-electron chi connectivity index (χ4n) is 1.11. The van der Waals surface area contributed by atoms with Gasteiger partial charge in [-0.2, -0.15) is 13.2 Å². The van der Waals surface area contributed by atoms with Gasteiger partial charge in [0.2, 0.25) is 0 Å². The maximum atomic E-state index is 12.6. The van der Waals surface area contributed by atoms with Crippen molar-refractivity contribution in [3.8, 4) is 5.75 Å². The molecule has 0 fully saturated rings. The van der Waals surface area contributed by atoms with E-state index in [-0.39, 0.29) is 5.69 Å². The predicted octanol–water partition coefficient (Wildman–Crippen LogP) is 2.14. The van der Waals surface area contributed by atoms with Crippen LogP contribution in [0.1, 0.15) is 12.5 Å². The van der Waals surface area contributed by atoms with Crippen molar-refractivity contribution in [2.45, 2.75) is 19.2 Å². The van der Waals surface area contributed by atoms with Gasteiger partial charge in [-0.15, -0.1) is 0 Å². The molecule has 7 heteroatoms. The van der Waals surface area contributed by atoms with Gasteiger partial charge in [-0.1, -0.05) is 0 Å². The number of carboxylic acid groups (broad SMARTS) is 1. The average molecular weight is 249 g/mol. The maximum absolute atomic E-state index is 12.6. The topological polar surface area (TPSA) is 72.5 Å². The Hall–Kier alpha value is -1.92. The number of hydrogen-bond donors (Lipinski definition) is 2. The second-order valence-electron chi connectivity index (χ2n) is 3.35. The lowest BCUT2D eigenvalue weighted by Crippen LogP contribution is -2.24. The molecule has 1 aromatic rings. The van der Waals surface area contributed by atoms with Crippen LogP contribution in [0.15, 0.2) is 18.2 Å². The number of anilines is 1. The van der Waals surface area contributed by atoms with Gasteiger partial charge >= 0.3 is 12.1 Å². The van der Waals surface area contributed by atoms with Crippen LogP contribution in [0.3, 0.4) is 0 Å². The van der Waals surface area contributed by atoms with Crippen molar-refractivity contribution < 1.29 is 27.8 Å². The molecule has 0 aliphatic rings. The molecule has 3 N–H and O–H groups in total. The molecule has 0 spiro atoms. The number of carbonyl (C=O) groups is 1. The molecule has 1 unspecified atom stereocenters. The largest absolute Gasteiger partial charge is 0.479 e. The summed E-state index contributed by atoms with van der Waals surface area (Å²) >= 11 is 0. The molecule has 0 aliphatic carbocycles. The first-order chi connectivity index (χ1) is 7.71.